The summed E-state index contributed by atoms with van der Waals surface area (Å²) < 4.78 is 15.6. The zero-order chi connectivity index (χ0) is 82.2. The summed E-state index contributed by atoms with van der Waals surface area (Å²) >= 11 is 1.91. The van der Waals surface area contributed by atoms with Crippen LogP contribution in [-0.4, -0.2) is 0 Å². The maximum Gasteiger partial charge on any atom is 0.143 e. The monoisotopic (exact) mass is 1600 g/mol. The topological polar surface area (TPSA) is 26.3 Å². The number of fused-ring (bicyclic) bond motifs is 22. The van der Waals surface area contributed by atoms with Crippen LogP contribution in [-0.2, 0) is 0 Å². The number of thiophene rings is 1. The molecule has 0 fully saturated rings. The van der Waals surface area contributed by atoms with Crippen LogP contribution < -0.4 is 0 Å². The van der Waals surface area contributed by atoms with Crippen LogP contribution in [0.3, 0.4) is 0 Å². The molecule has 580 valence electrons. The Morgan fingerprint density at radius 3 is 0.944 bits per heavy atom. The minimum Gasteiger partial charge on any atom is -0.456 e. The van der Waals surface area contributed by atoms with E-state index in [2.05, 4.69) is 449 Å². The van der Waals surface area contributed by atoms with Crippen molar-refractivity contribution in [2.75, 3.05) is 0 Å². The van der Waals surface area contributed by atoms with E-state index < -0.39 is 0 Å². The highest BCUT2D eigenvalue weighted by atomic mass is 32.1. The van der Waals surface area contributed by atoms with Gasteiger partial charge < -0.3 is 8.83 Å². The molecule has 3 heteroatoms. The van der Waals surface area contributed by atoms with E-state index in [1.165, 1.54) is 211 Å². The lowest BCUT2D eigenvalue weighted by molar-refractivity contribution is 0.669. The van der Waals surface area contributed by atoms with Crippen molar-refractivity contribution in [2.24, 2.45) is 0 Å². The number of hydrogen-bond acceptors (Lipinski definition) is 3. The largest absolute Gasteiger partial charge is 0.456 e. The predicted molar refractivity (Wildman–Crippen MR) is 537 cm³/mol. The molecule has 0 radical (unpaired) electrons. The molecule has 0 saturated carbocycles. The first-order valence-corrected chi connectivity index (χ1v) is 43.8. The van der Waals surface area contributed by atoms with Crippen molar-refractivity contribution < 1.29 is 8.83 Å². The van der Waals surface area contributed by atoms with Crippen molar-refractivity contribution in [2.45, 2.75) is 0 Å². The second kappa shape index (κ2) is 29.4. The van der Waals surface area contributed by atoms with E-state index in [1.807, 2.05) is 11.3 Å². The summed E-state index contributed by atoms with van der Waals surface area (Å²) in [4.78, 5) is 0. The van der Waals surface area contributed by atoms with Crippen molar-refractivity contribution in [3.8, 4) is 77.9 Å². The molecule has 27 aromatic rings. The van der Waals surface area contributed by atoms with Gasteiger partial charge in [0.1, 0.15) is 22.3 Å². The lowest BCUT2D eigenvalue weighted by atomic mass is 9.85. The molecule has 2 nitrogen and oxygen atoms in total. The minimum absolute atomic E-state index is 0.916. The molecule has 0 aliphatic heterocycles. The number of hydrogen-bond donors (Lipinski definition) is 0. The van der Waals surface area contributed by atoms with Crippen LogP contribution in [0.15, 0.2) is 458 Å². The van der Waals surface area contributed by atoms with E-state index in [9.17, 15) is 0 Å². The van der Waals surface area contributed by atoms with Crippen LogP contribution in [0.2, 0.25) is 0 Å². The van der Waals surface area contributed by atoms with Crippen LogP contribution in [0.5, 0.6) is 0 Å². The molecule has 0 aliphatic rings. The highest BCUT2D eigenvalue weighted by molar-refractivity contribution is 7.26. The van der Waals surface area contributed by atoms with Gasteiger partial charge in [-0.1, -0.05) is 388 Å². The Balaban J connectivity index is 0.000000103. The van der Waals surface area contributed by atoms with Crippen LogP contribution in [0.4, 0.5) is 0 Å². The lowest BCUT2D eigenvalue weighted by Gasteiger charge is -2.18. The Hall–Kier alpha value is -16.0. The number of furan rings is 2. The molecule has 125 heavy (non-hydrogen) atoms. The van der Waals surface area contributed by atoms with Gasteiger partial charge in [0.25, 0.3) is 0 Å². The third-order valence-electron chi connectivity index (χ3n) is 26.1. The zero-order valence-electron chi connectivity index (χ0n) is 67.9. The first-order valence-electron chi connectivity index (χ1n) is 43.0. The number of rotatable bonds is 7. The van der Waals surface area contributed by atoms with Gasteiger partial charge in [-0.3, -0.25) is 0 Å². The van der Waals surface area contributed by atoms with E-state index >= 15 is 0 Å². The Morgan fingerprint density at radius 2 is 0.448 bits per heavy atom. The Morgan fingerprint density at radius 1 is 0.136 bits per heavy atom. The second-order valence-corrected chi connectivity index (χ2v) is 34.1. The van der Waals surface area contributed by atoms with Crippen molar-refractivity contribution in [1.82, 2.24) is 0 Å². The zero-order valence-corrected chi connectivity index (χ0v) is 68.8. The molecule has 3 heterocycles. The fourth-order valence-corrected chi connectivity index (χ4v) is 21.6. The smallest absolute Gasteiger partial charge is 0.143 e. The maximum atomic E-state index is 6.48. The minimum atomic E-state index is 0.916. The SMILES string of the molecule is c1ccc(-c2c3ccccc3c(-c3ccc4c(c3)sc3c5ccccc5ccc43)c3ccccc23)cc1.c1ccc2cc(-c3c4ccccc4c(-c4ccc(-c5ccc6oc7c8ccccc8ccc7c6c5)cc4)c4ccccc34)ccc2c1.c1ccc2cc(-c3c4ccccc4c(-c4ccc5c(c4)oc4cc6ccccc6cc45)c4ccccc34)ccc2c1. The summed E-state index contributed by atoms with van der Waals surface area (Å²) in [5.74, 6) is 0. The molecule has 3 aromatic heterocycles. The first kappa shape index (κ1) is 71.8. The summed E-state index contributed by atoms with van der Waals surface area (Å²) in [6, 6.07) is 163. The molecule has 0 atom stereocenters. The molecule has 0 amide bonds. The van der Waals surface area contributed by atoms with Gasteiger partial charge in [0.05, 0.1) is 0 Å². The average Bonchev–Trinajstić information content (AvgIpc) is 1.56. The molecule has 0 aliphatic carbocycles. The first-order chi connectivity index (χ1) is 62.0. The lowest BCUT2D eigenvalue weighted by Crippen LogP contribution is -1.91. The summed E-state index contributed by atoms with van der Waals surface area (Å²) in [5.41, 5.74) is 21.2. The fourth-order valence-electron chi connectivity index (χ4n) is 20.3. The van der Waals surface area contributed by atoms with Crippen molar-refractivity contribution >= 4 is 194 Å². The molecule has 0 bridgehead atoms. The van der Waals surface area contributed by atoms with Gasteiger partial charge >= 0.3 is 0 Å². The molecular formula is C122H74O2S. The van der Waals surface area contributed by atoms with E-state index in [4.69, 9.17) is 8.83 Å². The Labute approximate surface area is 724 Å². The quantitative estimate of drug-likeness (QED) is 0.149. The standard InChI is InChI=1S/C46H28O.C40H24O.C36H22S/c1-2-11-33-27-35(22-19-29(33)9-1)45-39-15-7-5-13-37(39)44(38-14-6-8-16-40(38)45)32-20-17-30(18-21-32)34-24-26-43-42(28-34)41-25-23-31-10-3-4-12-36(31)46(41)47-43;1-2-10-26-21-29(18-17-25(26)9-1)39-32-13-5-7-15-34(32)40(35-16-8-6-14-33(35)39)30-19-20-31-36-22-27-11-3-4-12-28(27)23-38(36)41-37(31)24-30;1-2-11-24(12-3-1)34-28-14-6-8-16-30(28)35(31-17-9-7-15-29(31)34)25-19-20-27-32-21-18-23-10-4-5-13-26(23)36(32)37-33(27)22-25/h1-28H;1-24H;1-22H. The molecule has 0 spiro atoms. The Kier molecular flexibility index (Phi) is 16.9. The summed E-state index contributed by atoms with van der Waals surface area (Å²) in [6.45, 7) is 0. The molecule has 0 unspecified atom stereocenters. The van der Waals surface area contributed by atoms with Gasteiger partial charge in [-0.2, -0.15) is 0 Å². The molecule has 0 saturated heterocycles. The van der Waals surface area contributed by atoms with Crippen molar-refractivity contribution in [1.29, 1.82) is 0 Å². The normalized spacial score (nSPS) is 11.8. The van der Waals surface area contributed by atoms with Gasteiger partial charge in [0.15, 0.2) is 0 Å². The summed E-state index contributed by atoms with van der Waals surface area (Å²) in [6.07, 6.45) is 0. The number of benzene rings is 24. The van der Waals surface area contributed by atoms with Gasteiger partial charge in [-0.05, 0) is 252 Å². The van der Waals surface area contributed by atoms with Gasteiger partial charge in [0.2, 0.25) is 0 Å². The van der Waals surface area contributed by atoms with E-state index in [0.717, 1.165) is 49.3 Å². The average molecular weight is 1600 g/mol. The van der Waals surface area contributed by atoms with Crippen LogP contribution in [0, 0.1) is 0 Å². The van der Waals surface area contributed by atoms with Crippen LogP contribution >= 0.6 is 11.3 Å². The predicted octanol–water partition coefficient (Wildman–Crippen LogP) is 35.6. The van der Waals surface area contributed by atoms with Gasteiger partial charge in [0, 0.05) is 47.1 Å². The fraction of sp³-hybridized carbons (Fsp3) is 0. The third-order valence-corrected chi connectivity index (χ3v) is 27.3. The third kappa shape index (κ3) is 12.0. The molecule has 0 N–H and O–H groups in total. The Bertz CT molecular complexity index is 8950. The van der Waals surface area contributed by atoms with Gasteiger partial charge in [-0.25, -0.2) is 0 Å². The second-order valence-electron chi connectivity index (χ2n) is 33.1. The van der Waals surface area contributed by atoms with Crippen LogP contribution in [0.25, 0.3) is 260 Å². The molecule has 24 aromatic carbocycles. The highest BCUT2D eigenvalue weighted by Gasteiger charge is 2.24. The van der Waals surface area contributed by atoms with Crippen molar-refractivity contribution in [3.63, 3.8) is 0 Å². The summed E-state index contributed by atoms with van der Waals surface area (Å²) in [5, 5.41) is 35.0. The van der Waals surface area contributed by atoms with Crippen LogP contribution in [0.1, 0.15) is 0 Å². The van der Waals surface area contributed by atoms with E-state index in [0.29, 0.717) is 0 Å². The molecule has 27 rings (SSSR count). The van der Waals surface area contributed by atoms with E-state index in [-0.39, 0.29) is 0 Å². The van der Waals surface area contributed by atoms with Crippen molar-refractivity contribution in [3.05, 3.63) is 449 Å². The highest BCUT2D eigenvalue weighted by Crippen LogP contribution is 2.51. The molecular weight excluding hydrogens is 1530 g/mol. The summed E-state index contributed by atoms with van der Waals surface area (Å²) in [7, 11) is 0. The maximum absolute atomic E-state index is 6.48. The van der Waals surface area contributed by atoms with E-state index in [1.54, 1.807) is 0 Å². The van der Waals surface area contributed by atoms with Gasteiger partial charge in [-0.15, -0.1) is 11.3 Å².